The Balaban J connectivity index is 2.08. The number of carbonyl (C=O) groups excluding carboxylic acids is 1. The maximum absolute atomic E-state index is 12.6. The van der Waals surface area contributed by atoms with Gasteiger partial charge in [-0.15, -0.1) is 0 Å². The minimum Gasteiger partial charge on any atom is -0.352 e. The van der Waals surface area contributed by atoms with E-state index in [-0.39, 0.29) is 12.0 Å². The van der Waals surface area contributed by atoms with Gasteiger partial charge in [0.15, 0.2) is 9.84 Å². The summed E-state index contributed by atoms with van der Waals surface area (Å²) in [6.07, 6.45) is -1.14. The van der Waals surface area contributed by atoms with Crippen LogP contribution in [0.4, 0.5) is 13.2 Å². The SMILES string of the molecule is CS(=O)(=O)CC(=O)NC1CCCC1c1ccc(C(F)(F)F)cc1. The van der Waals surface area contributed by atoms with Crippen LogP contribution < -0.4 is 5.32 Å². The van der Waals surface area contributed by atoms with E-state index < -0.39 is 33.2 Å². The molecule has 0 aliphatic heterocycles. The molecule has 23 heavy (non-hydrogen) atoms. The molecule has 8 heteroatoms. The highest BCUT2D eigenvalue weighted by Gasteiger charge is 2.33. The lowest BCUT2D eigenvalue weighted by molar-refractivity contribution is -0.137. The molecular formula is C15H18F3NO3S. The predicted molar refractivity (Wildman–Crippen MR) is 79.7 cm³/mol. The number of rotatable bonds is 4. The molecule has 0 spiro atoms. The quantitative estimate of drug-likeness (QED) is 0.908. The third-order valence-electron chi connectivity index (χ3n) is 3.92. The third kappa shape index (κ3) is 4.95. The van der Waals surface area contributed by atoms with E-state index >= 15 is 0 Å². The van der Waals surface area contributed by atoms with E-state index in [0.717, 1.165) is 36.8 Å². The topological polar surface area (TPSA) is 63.2 Å². The number of hydrogen-bond acceptors (Lipinski definition) is 3. The Hall–Kier alpha value is -1.57. The van der Waals surface area contributed by atoms with Gasteiger partial charge in [0.05, 0.1) is 5.56 Å². The molecule has 0 radical (unpaired) electrons. The number of hydrogen-bond donors (Lipinski definition) is 1. The maximum Gasteiger partial charge on any atom is 0.416 e. The van der Waals surface area contributed by atoms with E-state index in [0.29, 0.717) is 6.42 Å². The zero-order chi connectivity index (χ0) is 17.3. The van der Waals surface area contributed by atoms with Gasteiger partial charge in [-0.3, -0.25) is 4.79 Å². The van der Waals surface area contributed by atoms with Gasteiger partial charge in [0.25, 0.3) is 0 Å². The first kappa shape index (κ1) is 17.8. The first-order valence-corrected chi connectivity index (χ1v) is 9.26. The highest BCUT2D eigenvalue weighted by atomic mass is 32.2. The minimum atomic E-state index is -4.38. The van der Waals surface area contributed by atoms with Crippen molar-refractivity contribution in [2.45, 2.75) is 37.4 Å². The summed E-state index contributed by atoms with van der Waals surface area (Å²) in [4.78, 5) is 11.7. The standard InChI is InChI=1S/C15H18F3NO3S/c1-23(21,22)9-14(20)19-13-4-2-3-12(13)10-5-7-11(8-6-10)15(16,17)18/h5-8,12-13H,2-4,9H2,1H3,(H,19,20). The Labute approximate surface area is 133 Å². The normalized spacial score (nSPS) is 22.1. The summed E-state index contributed by atoms with van der Waals surface area (Å²) < 4.78 is 60.0. The first-order chi connectivity index (χ1) is 10.6. The molecule has 1 aliphatic rings. The number of halogens is 3. The van der Waals surface area contributed by atoms with Crippen LogP contribution >= 0.6 is 0 Å². The summed E-state index contributed by atoms with van der Waals surface area (Å²) in [5.74, 6) is -1.25. The lowest BCUT2D eigenvalue weighted by Gasteiger charge is -2.21. The smallest absolute Gasteiger partial charge is 0.352 e. The molecule has 0 bridgehead atoms. The maximum atomic E-state index is 12.6. The minimum absolute atomic E-state index is 0.0965. The van der Waals surface area contributed by atoms with E-state index in [1.165, 1.54) is 12.1 Å². The Bertz CT molecular complexity index is 668. The van der Waals surface area contributed by atoms with Crippen LogP contribution in [0.25, 0.3) is 0 Å². The Morgan fingerprint density at radius 3 is 2.35 bits per heavy atom. The number of benzene rings is 1. The van der Waals surface area contributed by atoms with Crippen LogP contribution in [-0.2, 0) is 20.8 Å². The van der Waals surface area contributed by atoms with Crippen LogP contribution in [-0.4, -0.2) is 32.4 Å². The fourth-order valence-electron chi connectivity index (χ4n) is 2.94. The van der Waals surface area contributed by atoms with Gasteiger partial charge >= 0.3 is 6.18 Å². The van der Waals surface area contributed by atoms with Crippen LogP contribution in [0.1, 0.15) is 36.3 Å². The highest BCUT2D eigenvalue weighted by Crippen LogP contribution is 2.36. The lowest BCUT2D eigenvalue weighted by Crippen LogP contribution is -2.39. The van der Waals surface area contributed by atoms with E-state index in [4.69, 9.17) is 0 Å². The van der Waals surface area contributed by atoms with Crippen molar-refractivity contribution in [3.05, 3.63) is 35.4 Å². The van der Waals surface area contributed by atoms with Crippen LogP contribution in [0.15, 0.2) is 24.3 Å². The van der Waals surface area contributed by atoms with E-state index in [2.05, 4.69) is 5.32 Å². The van der Waals surface area contributed by atoms with Crippen molar-refractivity contribution in [2.24, 2.45) is 0 Å². The van der Waals surface area contributed by atoms with Crippen molar-refractivity contribution in [2.75, 3.05) is 12.0 Å². The molecule has 4 nitrogen and oxygen atoms in total. The van der Waals surface area contributed by atoms with Crippen LogP contribution in [0.5, 0.6) is 0 Å². The molecular weight excluding hydrogens is 331 g/mol. The first-order valence-electron chi connectivity index (χ1n) is 7.20. The summed E-state index contributed by atoms with van der Waals surface area (Å²) in [5, 5.41) is 2.69. The molecule has 0 aromatic heterocycles. The molecule has 1 aromatic carbocycles. The van der Waals surface area contributed by atoms with Gasteiger partial charge < -0.3 is 5.32 Å². The van der Waals surface area contributed by atoms with Gasteiger partial charge in [0.2, 0.25) is 5.91 Å². The number of amides is 1. The number of nitrogens with one attached hydrogen (secondary N) is 1. The fraction of sp³-hybridized carbons (Fsp3) is 0.533. The molecule has 128 valence electrons. The van der Waals surface area contributed by atoms with Crippen molar-refractivity contribution < 1.29 is 26.4 Å². The molecule has 0 heterocycles. The van der Waals surface area contributed by atoms with E-state index in [1.54, 1.807) is 0 Å². The average Bonchev–Trinajstić information content (AvgIpc) is 2.83. The van der Waals surface area contributed by atoms with Gasteiger partial charge in [-0.05, 0) is 30.5 Å². The monoisotopic (exact) mass is 349 g/mol. The summed E-state index contributed by atoms with van der Waals surface area (Å²) in [6.45, 7) is 0. The number of carbonyl (C=O) groups is 1. The number of alkyl halides is 3. The second-order valence-corrected chi connectivity index (χ2v) is 8.04. The molecule has 2 unspecified atom stereocenters. The molecule has 1 N–H and O–H groups in total. The average molecular weight is 349 g/mol. The lowest BCUT2D eigenvalue weighted by atomic mass is 9.93. The Kier molecular flexibility index (Phi) is 5.03. The van der Waals surface area contributed by atoms with Crippen LogP contribution in [0.2, 0.25) is 0 Å². The zero-order valence-electron chi connectivity index (χ0n) is 12.6. The zero-order valence-corrected chi connectivity index (χ0v) is 13.4. The van der Waals surface area contributed by atoms with E-state index in [9.17, 15) is 26.4 Å². The molecule has 1 amide bonds. The fourth-order valence-corrected chi connectivity index (χ4v) is 3.50. The van der Waals surface area contributed by atoms with E-state index in [1.807, 2.05) is 0 Å². The molecule has 0 saturated heterocycles. The Morgan fingerprint density at radius 2 is 1.83 bits per heavy atom. The van der Waals surface area contributed by atoms with Crippen molar-refractivity contribution in [3.63, 3.8) is 0 Å². The molecule has 1 fully saturated rings. The van der Waals surface area contributed by atoms with Gasteiger partial charge in [-0.25, -0.2) is 8.42 Å². The van der Waals surface area contributed by atoms with Gasteiger partial charge in [0, 0.05) is 18.2 Å². The highest BCUT2D eigenvalue weighted by molar-refractivity contribution is 7.91. The van der Waals surface area contributed by atoms with Crippen LogP contribution in [0, 0.1) is 0 Å². The van der Waals surface area contributed by atoms with Crippen molar-refractivity contribution in [3.8, 4) is 0 Å². The summed E-state index contributed by atoms with van der Waals surface area (Å²) >= 11 is 0. The molecule has 2 atom stereocenters. The Morgan fingerprint density at radius 1 is 1.22 bits per heavy atom. The predicted octanol–water partition coefficient (Wildman–Crippen LogP) is 2.50. The summed E-state index contributed by atoms with van der Waals surface area (Å²) in [6, 6.07) is 4.66. The van der Waals surface area contributed by atoms with Gasteiger partial charge in [-0.2, -0.15) is 13.2 Å². The summed E-state index contributed by atoms with van der Waals surface area (Å²) in [5.41, 5.74) is 0.0112. The second kappa shape index (κ2) is 6.51. The third-order valence-corrected chi connectivity index (χ3v) is 4.71. The molecule has 1 aromatic rings. The molecule has 1 aliphatic carbocycles. The summed E-state index contributed by atoms with van der Waals surface area (Å²) in [7, 11) is -3.41. The van der Waals surface area contributed by atoms with Crippen molar-refractivity contribution in [1.82, 2.24) is 5.32 Å². The van der Waals surface area contributed by atoms with Gasteiger partial charge in [-0.1, -0.05) is 18.6 Å². The van der Waals surface area contributed by atoms with Crippen LogP contribution in [0.3, 0.4) is 0 Å². The molecule has 1 saturated carbocycles. The molecule has 2 rings (SSSR count). The van der Waals surface area contributed by atoms with Crippen molar-refractivity contribution >= 4 is 15.7 Å². The van der Waals surface area contributed by atoms with Gasteiger partial charge in [0.1, 0.15) is 5.75 Å². The second-order valence-electron chi connectivity index (χ2n) is 5.90. The largest absolute Gasteiger partial charge is 0.416 e. The van der Waals surface area contributed by atoms with Crippen molar-refractivity contribution in [1.29, 1.82) is 0 Å². The number of sulfone groups is 1.